The van der Waals surface area contributed by atoms with Gasteiger partial charge in [0.25, 0.3) is 0 Å². The summed E-state index contributed by atoms with van der Waals surface area (Å²) in [7, 11) is 0. The molecule has 24 heavy (non-hydrogen) atoms. The molecule has 0 aromatic heterocycles. The van der Waals surface area contributed by atoms with Crippen molar-refractivity contribution in [3.05, 3.63) is 0 Å². The molecule has 0 atom stereocenters. The average Bonchev–Trinajstić information content (AvgIpc) is 3.13. The van der Waals surface area contributed by atoms with Gasteiger partial charge in [-0.15, -0.1) is 0 Å². The van der Waals surface area contributed by atoms with E-state index < -0.39 is 5.41 Å². The number of nitriles is 1. The number of likely N-dealkylation sites (tertiary alicyclic amines) is 1. The van der Waals surface area contributed by atoms with E-state index in [0.29, 0.717) is 32.5 Å². The lowest BCUT2D eigenvalue weighted by atomic mass is 9.86. The van der Waals surface area contributed by atoms with E-state index in [0.717, 1.165) is 51.9 Å². The van der Waals surface area contributed by atoms with Crippen LogP contribution in [0.15, 0.2) is 0 Å². The number of amides is 2. The van der Waals surface area contributed by atoms with Gasteiger partial charge in [-0.25, -0.2) is 0 Å². The Labute approximate surface area is 144 Å². The normalized spacial score (nSPS) is 24.6. The fourth-order valence-electron chi connectivity index (χ4n) is 4.20. The lowest BCUT2D eigenvalue weighted by Crippen LogP contribution is -2.54. The largest absolute Gasteiger partial charge is 0.342 e. The number of hydrogen-bond acceptors (Lipinski definition) is 4. The van der Waals surface area contributed by atoms with Crippen molar-refractivity contribution in [3.63, 3.8) is 0 Å². The first kappa shape index (κ1) is 17.2. The topological polar surface area (TPSA) is 67.6 Å². The Kier molecular flexibility index (Phi) is 5.40. The number of carbonyl (C=O) groups excluding carboxylic acids is 2. The van der Waals surface area contributed by atoms with Gasteiger partial charge in [-0.05, 0) is 32.1 Å². The van der Waals surface area contributed by atoms with Crippen molar-refractivity contribution in [1.29, 1.82) is 5.26 Å². The van der Waals surface area contributed by atoms with E-state index in [4.69, 9.17) is 0 Å². The van der Waals surface area contributed by atoms with E-state index in [1.165, 1.54) is 6.42 Å². The standard InChI is InChI=1S/C18H28N4O2/c19-15-18(6-2-3-7-18)17(24)22-12-10-20(11-13-22)14-16(23)21-8-4-1-5-9-21/h1-14H2. The first-order chi connectivity index (χ1) is 11.6. The van der Waals surface area contributed by atoms with Gasteiger partial charge in [-0.1, -0.05) is 12.8 Å². The molecular weight excluding hydrogens is 304 g/mol. The Morgan fingerprint density at radius 2 is 1.46 bits per heavy atom. The highest BCUT2D eigenvalue weighted by atomic mass is 16.2. The van der Waals surface area contributed by atoms with E-state index >= 15 is 0 Å². The Bertz CT molecular complexity index is 508. The van der Waals surface area contributed by atoms with E-state index in [1.807, 2.05) is 9.80 Å². The van der Waals surface area contributed by atoms with Gasteiger partial charge >= 0.3 is 0 Å². The molecule has 3 rings (SSSR count). The molecule has 6 nitrogen and oxygen atoms in total. The zero-order valence-electron chi connectivity index (χ0n) is 14.5. The van der Waals surface area contributed by atoms with E-state index in [2.05, 4.69) is 11.0 Å². The monoisotopic (exact) mass is 332 g/mol. The molecule has 132 valence electrons. The molecule has 0 radical (unpaired) electrons. The lowest BCUT2D eigenvalue weighted by molar-refractivity contribution is -0.141. The minimum absolute atomic E-state index is 0.0181. The summed E-state index contributed by atoms with van der Waals surface area (Å²) >= 11 is 0. The SMILES string of the molecule is N#CC1(C(=O)N2CCN(CC(=O)N3CCCCC3)CC2)CCCC1. The summed E-state index contributed by atoms with van der Waals surface area (Å²) in [5, 5.41) is 9.47. The molecule has 1 aliphatic carbocycles. The summed E-state index contributed by atoms with van der Waals surface area (Å²) < 4.78 is 0. The third kappa shape index (κ3) is 3.56. The summed E-state index contributed by atoms with van der Waals surface area (Å²) in [6.45, 7) is 4.97. The van der Waals surface area contributed by atoms with Crippen LogP contribution in [0.25, 0.3) is 0 Å². The van der Waals surface area contributed by atoms with Crippen LogP contribution in [0, 0.1) is 16.7 Å². The molecule has 3 aliphatic rings. The van der Waals surface area contributed by atoms with Crippen LogP contribution in [0.5, 0.6) is 0 Å². The Morgan fingerprint density at radius 1 is 0.833 bits per heavy atom. The molecule has 2 heterocycles. The fraction of sp³-hybridized carbons (Fsp3) is 0.833. The molecule has 0 aromatic carbocycles. The van der Waals surface area contributed by atoms with Gasteiger partial charge in [0.2, 0.25) is 11.8 Å². The number of carbonyl (C=O) groups is 2. The molecule has 0 N–H and O–H groups in total. The van der Waals surface area contributed by atoms with Crippen LogP contribution in [0.4, 0.5) is 0 Å². The first-order valence-electron chi connectivity index (χ1n) is 9.35. The first-order valence-corrected chi connectivity index (χ1v) is 9.35. The van der Waals surface area contributed by atoms with Crippen molar-refractivity contribution >= 4 is 11.8 Å². The van der Waals surface area contributed by atoms with E-state index in [-0.39, 0.29) is 11.8 Å². The van der Waals surface area contributed by atoms with Gasteiger partial charge in [0.15, 0.2) is 0 Å². The van der Waals surface area contributed by atoms with Crippen molar-refractivity contribution in [2.45, 2.75) is 44.9 Å². The number of piperazine rings is 1. The maximum Gasteiger partial charge on any atom is 0.243 e. The van der Waals surface area contributed by atoms with Crippen LogP contribution in [0.1, 0.15) is 44.9 Å². The summed E-state index contributed by atoms with van der Waals surface area (Å²) in [6.07, 6.45) is 6.82. The summed E-state index contributed by atoms with van der Waals surface area (Å²) in [5.74, 6) is 0.239. The Balaban J connectivity index is 1.48. The van der Waals surface area contributed by atoms with Crippen LogP contribution >= 0.6 is 0 Å². The second kappa shape index (κ2) is 7.52. The maximum absolute atomic E-state index is 12.7. The molecule has 0 aromatic rings. The summed E-state index contributed by atoms with van der Waals surface area (Å²) in [6, 6.07) is 2.30. The quantitative estimate of drug-likeness (QED) is 0.779. The third-order valence-corrected chi connectivity index (χ3v) is 5.81. The van der Waals surface area contributed by atoms with Crippen molar-refractivity contribution in [2.24, 2.45) is 5.41 Å². The highest BCUT2D eigenvalue weighted by Crippen LogP contribution is 2.39. The zero-order chi connectivity index (χ0) is 17.0. The predicted octanol–water partition coefficient (Wildman–Crippen LogP) is 1.23. The van der Waals surface area contributed by atoms with Crippen molar-refractivity contribution in [3.8, 4) is 6.07 Å². The van der Waals surface area contributed by atoms with Gasteiger partial charge < -0.3 is 9.80 Å². The third-order valence-electron chi connectivity index (χ3n) is 5.81. The predicted molar refractivity (Wildman–Crippen MR) is 90.0 cm³/mol. The average molecular weight is 332 g/mol. The molecule has 6 heteroatoms. The van der Waals surface area contributed by atoms with Crippen LogP contribution < -0.4 is 0 Å². The summed E-state index contributed by atoms with van der Waals surface area (Å²) in [5.41, 5.74) is -0.772. The fourth-order valence-corrected chi connectivity index (χ4v) is 4.20. The molecule has 2 saturated heterocycles. The van der Waals surface area contributed by atoms with Crippen LogP contribution in [-0.4, -0.2) is 72.3 Å². The summed E-state index contributed by atoms with van der Waals surface area (Å²) in [4.78, 5) is 31.1. The Morgan fingerprint density at radius 3 is 2.04 bits per heavy atom. The van der Waals surface area contributed by atoms with Crippen molar-refractivity contribution < 1.29 is 9.59 Å². The van der Waals surface area contributed by atoms with Crippen molar-refractivity contribution in [1.82, 2.24) is 14.7 Å². The van der Waals surface area contributed by atoms with Crippen molar-refractivity contribution in [2.75, 3.05) is 45.8 Å². The highest BCUT2D eigenvalue weighted by molar-refractivity contribution is 5.86. The Hall–Kier alpha value is -1.61. The van der Waals surface area contributed by atoms with Gasteiger partial charge in [0.1, 0.15) is 5.41 Å². The number of piperidine rings is 1. The van der Waals surface area contributed by atoms with Gasteiger partial charge in [0.05, 0.1) is 12.6 Å². The molecule has 2 aliphatic heterocycles. The van der Waals surface area contributed by atoms with Crippen LogP contribution in [0.3, 0.4) is 0 Å². The molecular formula is C18H28N4O2. The molecule has 3 fully saturated rings. The number of rotatable bonds is 3. The molecule has 0 unspecified atom stereocenters. The van der Waals surface area contributed by atoms with Crippen LogP contribution in [0.2, 0.25) is 0 Å². The number of hydrogen-bond donors (Lipinski definition) is 0. The maximum atomic E-state index is 12.7. The van der Waals surface area contributed by atoms with E-state index in [1.54, 1.807) is 0 Å². The van der Waals surface area contributed by atoms with Crippen LogP contribution in [-0.2, 0) is 9.59 Å². The highest BCUT2D eigenvalue weighted by Gasteiger charge is 2.44. The molecule has 2 amide bonds. The minimum atomic E-state index is -0.772. The second-order valence-electron chi connectivity index (χ2n) is 7.41. The molecule has 0 bridgehead atoms. The molecule has 1 saturated carbocycles. The van der Waals surface area contributed by atoms with E-state index in [9.17, 15) is 14.9 Å². The minimum Gasteiger partial charge on any atom is -0.342 e. The zero-order valence-corrected chi connectivity index (χ0v) is 14.5. The van der Waals surface area contributed by atoms with Gasteiger partial charge in [-0.2, -0.15) is 5.26 Å². The van der Waals surface area contributed by atoms with Gasteiger partial charge in [-0.3, -0.25) is 14.5 Å². The lowest BCUT2D eigenvalue weighted by Gasteiger charge is -2.38. The number of nitrogens with zero attached hydrogens (tertiary/aromatic N) is 4. The second-order valence-corrected chi connectivity index (χ2v) is 7.41. The molecule has 0 spiro atoms. The van der Waals surface area contributed by atoms with Gasteiger partial charge in [0, 0.05) is 39.3 Å². The smallest absolute Gasteiger partial charge is 0.243 e.